The van der Waals surface area contributed by atoms with Crippen LogP contribution in [0.3, 0.4) is 0 Å². The van der Waals surface area contributed by atoms with Gasteiger partial charge in [-0.05, 0) is 30.3 Å². The second-order valence-electron chi connectivity index (χ2n) is 5.19. The Balaban J connectivity index is 1.80. The van der Waals surface area contributed by atoms with Gasteiger partial charge in [0.05, 0.1) is 16.1 Å². The molecular formula is C17H10Cl2N4O. The molecule has 2 aromatic carbocycles. The molecule has 0 aliphatic rings. The molecule has 7 heteroatoms. The first kappa shape index (κ1) is 14.9. The Morgan fingerprint density at radius 2 is 1.83 bits per heavy atom. The average molecular weight is 357 g/mol. The van der Waals surface area contributed by atoms with E-state index in [2.05, 4.69) is 20.2 Å². The molecule has 2 N–H and O–H groups in total. The van der Waals surface area contributed by atoms with Gasteiger partial charge < -0.3 is 10.1 Å². The Hall–Kier alpha value is -2.63. The third-order valence-corrected chi connectivity index (χ3v) is 4.13. The van der Waals surface area contributed by atoms with E-state index in [1.54, 1.807) is 18.2 Å². The molecule has 0 aliphatic carbocycles. The minimum atomic E-state index is -0.126. The summed E-state index contributed by atoms with van der Waals surface area (Å²) in [5.41, 5.74) is 1.64. The first-order chi connectivity index (χ1) is 11.6. The van der Waals surface area contributed by atoms with Crippen molar-refractivity contribution in [2.24, 2.45) is 10.2 Å². The molecule has 0 saturated carbocycles. The van der Waals surface area contributed by atoms with Crippen LogP contribution in [0.4, 0.5) is 11.5 Å². The zero-order valence-corrected chi connectivity index (χ0v) is 13.7. The van der Waals surface area contributed by atoms with Crippen molar-refractivity contribution in [2.45, 2.75) is 0 Å². The van der Waals surface area contributed by atoms with E-state index in [4.69, 9.17) is 23.2 Å². The van der Waals surface area contributed by atoms with Crippen LogP contribution in [0.25, 0.3) is 21.8 Å². The summed E-state index contributed by atoms with van der Waals surface area (Å²) in [7, 11) is 0. The van der Waals surface area contributed by atoms with Crippen LogP contribution in [-0.4, -0.2) is 15.1 Å². The number of rotatable bonds is 2. The third-order valence-electron chi connectivity index (χ3n) is 3.61. The van der Waals surface area contributed by atoms with Gasteiger partial charge in [0, 0.05) is 15.8 Å². The highest BCUT2D eigenvalue weighted by atomic mass is 35.5. The van der Waals surface area contributed by atoms with Crippen molar-refractivity contribution in [3.63, 3.8) is 0 Å². The van der Waals surface area contributed by atoms with E-state index in [0.29, 0.717) is 26.8 Å². The van der Waals surface area contributed by atoms with E-state index < -0.39 is 0 Å². The van der Waals surface area contributed by atoms with Gasteiger partial charge in [-0.3, -0.25) is 0 Å². The highest BCUT2D eigenvalue weighted by Gasteiger charge is 2.14. The van der Waals surface area contributed by atoms with Gasteiger partial charge in [0.1, 0.15) is 0 Å². The molecule has 4 rings (SSSR count). The summed E-state index contributed by atoms with van der Waals surface area (Å²) in [5, 5.41) is 20.8. The van der Waals surface area contributed by atoms with Crippen molar-refractivity contribution in [1.29, 1.82) is 0 Å². The third kappa shape index (κ3) is 2.58. The molecule has 0 spiro atoms. The van der Waals surface area contributed by atoms with E-state index >= 15 is 0 Å². The van der Waals surface area contributed by atoms with Gasteiger partial charge in [-0.1, -0.05) is 41.4 Å². The van der Waals surface area contributed by atoms with Crippen molar-refractivity contribution in [3.8, 4) is 5.88 Å². The number of aromatic hydroxyl groups is 1. The summed E-state index contributed by atoms with van der Waals surface area (Å²) in [6, 6.07) is 14.7. The molecule has 5 nitrogen and oxygen atoms in total. The van der Waals surface area contributed by atoms with Gasteiger partial charge in [-0.15, -0.1) is 10.2 Å². The highest BCUT2D eigenvalue weighted by Crippen LogP contribution is 2.40. The topological polar surface area (TPSA) is 73.6 Å². The Kier molecular flexibility index (Phi) is 3.59. The number of hydrogen-bond donors (Lipinski definition) is 2. The second kappa shape index (κ2) is 5.78. The summed E-state index contributed by atoms with van der Waals surface area (Å²) in [4.78, 5) is 7.19. The minimum absolute atomic E-state index is 0.126. The molecular weight excluding hydrogens is 347 g/mol. The van der Waals surface area contributed by atoms with Crippen LogP contribution in [0.15, 0.2) is 58.8 Å². The van der Waals surface area contributed by atoms with Crippen molar-refractivity contribution in [2.75, 3.05) is 0 Å². The maximum Gasteiger partial charge on any atom is 0.218 e. The number of para-hydroxylation sites is 1. The number of halogens is 2. The molecule has 24 heavy (non-hydrogen) atoms. The molecule has 0 radical (unpaired) electrons. The number of H-pyrrole nitrogens is 1. The molecule has 2 heterocycles. The first-order valence-electron chi connectivity index (χ1n) is 7.09. The SMILES string of the molecule is Oc1[nH]c2c(Cl)cc(Cl)cc2c1N=Nc1ccc2ccccc2n1. The Bertz CT molecular complexity index is 1100. The van der Waals surface area contributed by atoms with Crippen LogP contribution in [0.1, 0.15) is 0 Å². The van der Waals surface area contributed by atoms with E-state index in [1.807, 2.05) is 30.3 Å². The summed E-state index contributed by atoms with van der Waals surface area (Å²) >= 11 is 12.1. The predicted octanol–water partition coefficient (Wildman–Crippen LogP) is 6.14. The summed E-state index contributed by atoms with van der Waals surface area (Å²) < 4.78 is 0. The Labute approximate surface area is 146 Å². The molecule has 0 atom stereocenters. The van der Waals surface area contributed by atoms with Crippen molar-refractivity contribution in [3.05, 3.63) is 58.6 Å². The maximum absolute atomic E-state index is 10.1. The van der Waals surface area contributed by atoms with Crippen molar-refractivity contribution >= 4 is 56.5 Å². The number of aromatic nitrogens is 2. The predicted molar refractivity (Wildman–Crippen MR) is 95.9 cm³/mol. The fourth-order valence-electron chi connectivity index (χ4n) is 2.51. The van der Waals surface area contributed by atoms with Crippen LogP contribution >= 0.6 is 23.2 Å². The second-order valence-corrected chi connectivity index (χ2v) is 6.04. The lowest BCUT2D eigenvalue weighted by Crippen LogP contribution is -1.77. The fourth-order valence-corrected chi connectivity index (χ4v) is 3.05. The number of fused-ring (bicyclic) bond motifs is 2. The number of hydrogen-bond acceptors (Lipinski definition) is 4. The molecule has 4 aromatic rings. The average Bonchev–Trinajstić information content (AvgIpc) is 2.89. The monoisotopic (exact) mass is 356 g/mol. The van der Waals surface area contributed by atoms with E-state index in [0.717, 1.165) is 10.9 Å². The normalized spacial score (nSPS) is 11.8. The Morgan fingerprint density at radius 1 is 1.00 bits per heavy atom. The van der Waals surface area contributed by atoms with Crippen molar-refractivity contribution in [1.82, 2.24) is 9.97 Å². The highest BCUT2D eigenvalue weighted by molar-refractivity contribution is 6.38. The van der Waals surface area contributed by atoms with Gasteiger partial charge >= 0.3 is 0 Å². The van der Waals surface area contributed by atoms with E-state index in [9.17, 15) is 5.11 Å². The molecule has 0 saturated heterocycles. The number of pyridine rings is 1. The largest absolute Gasteiger partial charge is 0.493 e. The number of azo groups is 1. The lowest BCUT2D eigenvalue weighted by molar-refractivity contribution is 0.459. The van der Waals surface area contributed by atoms with Gasteiger partial charge in [0.2, 0.25) is 5.88 Å². The maximum atomic E-state index is 10.1. The summed E-state index contributed by atoms with van der Waals surface area (Å²) in [6.45, 7) is 0. The van der Waals surface area contributed by atoms with Crippen LogP contribution in [0.5, 0.6) is 5.88 Å². The van der Waals surface area contributed by atoms with Crippen LogP contribution in [0, 0.1) is 0 Å². The Morgan fingerprint density at radius 3 is 2.71 bits per heavy atom. The quantitative estimate of drug-likeness (QED) is 0.423. The van der Waals surface area contributed by atoms with Crippen LogP contribution < -0.4 is 0 Å². The van der Waals surface area contributed by atoms with Gasteiger partial charge in [-0.25, -0.2) is 4.98 Å². The minimum Gasteiger partial charge on any atom is -0.493 e. The molecule has 0 aliphatic heterocycles. The van der Waals surface area contributed by atoms with Gasteiger partial charge in [-0.2, -0.15) is 0 Å². The van der Waals surface area contributed by atoms with E-state index in [1.165, 1.54) is 0 Å². The first-order valence-corrected chi connectivity index (χ1v) is 7.84. The molecule has 0 fully saturated rings. The van der Waals surface area contributed by atoms with Gasteiger partial charge in [0.15, 0.2) is 11.5 Å². The number of nitrogens with one attached hydrogen (secondary N) is 1. The molecule has 0 unspecified atom stereocenters. The van der Waals surface area contributed by atoms with Crippen LogP contribution in [-0.2, 0) is 0 Å². The molecule has 2 aromatic heterocycles. The standard InChI is InChI=1S/C17H10Cl2N4O/c18-10-7-11-15(12(19)8-10)21-17(24)16(11)23-22-14-6-5-9-3-1-2-4-13(9)20-14/h1-8,21,24H. The zero-order chi connectivity index (χ0) is 16.7. The smallest absolute Gasteiger partial charge is 0.218 e. The lowest BCUT2D eigenvalue weighted by atomic mass is 10.2. The fraction of sp³-hybridized carbons (Fsp3) is 0. The number of aromatic amines is 1. The molecule has 0 amide bonds. The van der Waals surface area contributed by atoms with Gasteiger partial charge in [0.25, 0.3) is 0 Å². The van der Waals surface area contributed by atoms with Crippen LogP contribution in [0.2, 0.25) is 10.0 Å². The van der Waals surface area contributed by atoms with Crippen molar-refractivity contribution < 1.29 is 5.11 Å². The molecule has 118 valence electrons. The lowest BCUT2D eigenvalue weighted by Gasteiger charge is -1.98. The number of benzene rings is 2. The zero-order valence-electron chi connectivity index (χ0n) is 12.2. The summed E-state index contributed by atoms with van der Waals surface area (Å²) in [6.07, 6.45) is 0. The van der Waals surface area contributed by atoms with E-state index in [-0.39, 0.29) is 11.6 Å². The molecule has 0 bridgehead atoms. The summed E-state index contributed by atoms with van der Waals surface area (Å²) in [5.74, 6) is 0.314. The number of nitrogens with zero attached hydrogens (tertiary/aromatic N) is 3.